The third kappa shape index (κ3) is 3.58. The van der Waals surface area contributed by atoms with Crippen LogP contribution >= 0.6 is 0 Å². The number of nitrogens with one attached hydrogen (secondary N) is 1. The van der Waals surface area contributed by atoms with Crippen LogP contribution in [0.3, 0.4) is 0 Å². The summed E-state index contributed by atoms with van der Waals surface area (Å²) in [7, 11) is 1.91. The molecule has 5 nitrogen and oxygen atoms in total. The van der Waals surface area contributed by atoms with Gasteiger partial charge in [-0.15, -0.1) is 0 Å². The van der Waals surface area contributed by atoms with Gasteiger partial charge in [0.25, 0.3) is 0 Å². The highest BCUT2D eigenvalue weighted by atomic mass is 16.4. The van der Waals surface area contributed by atoms with Crippen LogP contribution < -0.4 is 5.32 Å². The van der Waals surface area contributed by atoms with Crippen molar-refractivity contribution in [3.63, 3.8) is 0 Å². The van der Waals surface area contributed by atoms with E-state index in [9.17, 15) is 4.79 Å². The van der Waals surface area contributed by atoms with Crippen molar-refractivity contribution >= 4 is 11.7 Å². The van der Waals surface area contributed by atoms with Crippen molar-refractivity contribution in [3.05, 3.63) is 47.3 Å². The van der Waals surface area contributed by atoms with Crippen molar-refractivity contribution in [1.82, 2.24) is 9.78 Å². The summed E-state index contributed by atoms with van der Waals surface area (Å²) < 4.78 is 1.83. The first-order valence-electron chi connectivity index (χ1n) is 6.09. The van der Waals surface area contributed by atoms with Gasteiger partial charge in [-0.2, -0.15) is 5.10 Å². The Balaban J connectivity index is 2.01. The Morgan fingerprint density at radius 2 is 2.21 bits per heavy atom. The largest absolute Gasteiger partial charge is 0.481 e. The lowest BCUT2D eigenvalue weighted by molar-refractivity contribution is -0.136. The zero-order valence-corrected chi connectivity index (χ0v) is 11.1. The fraction of sp³-hybridized carbons (Fsp3) is 0.286. The fourth-order valence-corrected chi connectivity index (χ4v) is 1.88. The van der Waals surface area contributed by atoms with E-state index in [-0.39, 0.29) is 6.42 Å². The van der Waals surface area contributed by atoms with Crippen LogP contribution in [0, 0.1) is 6.92 Å². The molecule has 1 heterocycles. The highest BCUT2D eigenvalue weighted by Crippen LogP contribution is 2.13. The zero-order valence-electron chi connectivity index (χ0n) is 11.1. The lowest BCUT2D eigenvalue weighted by atomic mass is 10.1. The third-order valence-electron chi connectivity index (χ3n) is 2.92. The number of carbonyl (C=O) groups is 1. The Bertz CT molecular complexity index is 571. The smallest absolute Gasteiger partial charge is 0.307 e. The van der Waals surface area contributed by atoms with Crippen molar-refractivity contribution in [2.24, 2.45) is 7.05 Å². The van der Waals surface area contributed by atoms with Crippen LogP contribution in [0.15, 0.2) is 30.3 Å². The second-order valence-corrected chi connectivity index (χ2v) is 4.53. The first-order chi connectivity index (χ1) is 9.04. The number of carboxylic acid groups (broad SMARTS) is 1. The van der Waals surface area contributed by atoms with Crippen molar-refractivity contribution in [1.29, 1.82) is 0 Å². The van der Waals surface area contributed by atoms with Gasteiger partial charge in [0.1, 0.15) is 0 Å². The number of hydrogen-bond acceptors (Lipinski definition) is 3. The predicted octanol–water partition coefficient (Wildman–Crippen LogP) is 1.97. The predicted molar refractivity (Wildman–Crippen MR) is 73.1 cm³/mol. The van der Waals surface area contributed by atoms with Gasteiger partial charge < -0.3 is 10.4 Å². The maximum absolute atomic E-state index is 10.7. The van der Waals surface area contributed by atoms with E-state index >= 15 is 0 Å². The number of aryl methyl sites for hydroxylation is 2. The lowest BCUT2D eigenvalue weighted by Gasteiger charge is -2.06. The van der Waals surface area contributed by atoms with Gasteiger partial charge in [0, 0.05) is 18.4 Å². The maximum atomic E-state index is 10.7. The topological polar surface area (TPSA) is 67.2 Å². The van der Waals surface area contributed by atoms with Gasteiger partial charge in [0.05, 0.1) is 18.7 Å². The SMILES string of the molecule is Cc1cc(CNc2cccc(CC(=O)O)c2)nn1C. The van der Waals surface area contributed by atoms with Crippen LogP contribution in [-0.2, 0) is 24.8 Å². The van der Waals surface area contributed by atoms with Crippen LogP contribution in [0.2, 0.25) is 0 Å². The number of hydrogen-bond donors (Lipinski definition) is 2. The molecule has 0 atom stereocenters. The van der Waals surface area contributed by atoms with Crippen molar-refractivity contribution in [3.8, 4) is 0 Å². The van der Waals surface area contributed by atoms with Crippen LogP contribution in [0.25, 0.3) is 0 Å². The maximum Gasteiger partial charge on any atom is 0.307 e. The molecule has 2 rings (SSSR count). The van der Waals surface area contributed by atoms with E-state index in [4.69, 9.17) is 5.11 Å². The Kier molecular flexibility index (Phi) is 3.85. The molecule has 0 aliphatic heterocycles. The Labute approximate surface area is 111 Å². The van der Waals surface area contributed by atoms with E-state index in [2.05, 4.69) is 10.4 Å². The molecule has 1 aromatic carbocycles. The van der Waals surface area contributed by atoms with Gasteiger partial charge in [-0.3, -0.25) is 9.48 Å². The molecule has 2 N–H and O–H groups in total. The Morgan fingerprint density at radius 3 is 2.84 bits per heavy atom. The normalized spacial score (nSPS) is 10.4. The number of aliphatic carboxylic acids is 1. The highest BCUT2D eigenvalue weighted by molar-refractivity contribution is 5.70. The number of anilines is 1. The number of benzene rings is 1. The molecule has 1 aromatic heterocycles. The van der Waals surface area contributed by atoms with Gasteiger partial charge in [0.15, 0.2) is 0 Å². The summed E-state index contributed by atoms with van der Waals surface area (Å²) in [6, 6.07) is 9.45. The fourth-order valence-electron chi connectivity index (χ4n) is 1.88. The molecule has 0 bridgehead atoms. The van der Waals surface area contributed by atoms with Crippen molar-refractivity contribution < 1.29 is 9.90 Å². The highest BCUT2D eigenvalue weighted by Gasteiger charge is 2.03. The van der Waals surface area contributed by atoms with E-state index < -0.39 is 5.97 Å². The Hall–Kier alpha value is -2.30. The molecule has 0 fully saturated rings. The summed E-state index contributed by atoms with van der Waals surface area (Å²) in [6.07, 6.45) is 0.0399. The minimum atomic E-state index is -0.822. The molecule has 0 saturated heterocycles. The second-order valence-electron chi connectivity index (χ2n) is 4.53. The first-order valence-corrected chi connectivity index (χ1v) is 6.09. The second kappa shape index (κ2) is 5.56. The third-order valence-corrected chi connectivity index (χ3v) is 2.92. The van der Waals surface area contributed by atoms with Gasteiger partial charge >= 0.3 is 5.97 Å². The van der Waals surface area contributed by atoms with Crippen LogP contribution in [0.1, 0.15) is 17.0 Å². The van der Waals surface area contributed by atoms with Gasteiger partial charge in [-0.25, -0.2) is 0 Å². The van der Waals surface area contributed by atoms with Crippen molar-refractivity contribution in [2.75, 3.05) is 5.32 Å². The summed E-state index contributed by atoms with van der Waals surface area (Å²) in [5, 5.41) is 16.4. The first kappa shape index (κ1) is 13.1. The average Bonchev–Trinajstić information content (AvgIpc) is 2.66. The quantitative estimate of drug-likeness (QED) is 0.861. The molecule has 0 spiro atoms. The van der Waals surface area contributed by atoms with E-state index in [0.29, 0.717) is 6.54 Å². The van der Waals surface area contributed by atoms with Crippen LogP contribution in [0.4, 0.5) is 5.69 Å². The number of nitrogens with zero attached hydrogens (tertiary/aromatic N) is 2. The zero-order chi connectivity index (χ0) is 13.8. The molecule has 0 saturated carbocycles. The lowest BCUT2D eigenvalue weighted by Crippen LogP contribution is -2.03. The Morgan fingerprint density at radius 1 is 1.42 bits per heavy atom. The standard InChI is InChI=1S/C14H17N3O2/c1-10-6-13(16-17(10)2)9-15-12-5-3-4-11(7-12)8-14(18)19/h3-7,15H,8-9H2,1-2H3,(H,18,19). The molecule has 2 aromatic rings. The van der Waals surface area contributed by atoms with Crippen LogP contribution in [0.5, 0.6) is 0 Å². The number of rotatable bonds is 5. The minimum Gasteiger partial charge on any atom is -0.481 e. The van der Waals surface area contributed by atoms with Gasteiger partial charge in [0.2, 0.25) is 0 Å². The molecular formula is C14H17N3O2. The monoisotopic (exact) mass is 259 g/mol. The molecule has 0 radical (unpaired) electrons. The average molecular weight is 259 g/mol. The number of aromatic nitrogens is 2. The van der Waals surface area contributed by atoms with E-state index in [1.54, 1.807) is 0 Å². The van der Waals surface area contributed by atoms with E-state index in [1.165, 1.54) is 0 Å². The molecule has 5 heteroatoms. The molecular weight excluding hydrogens is 242 g/mol. The van der Waals surface area contributed by atoms with Crippen molar-refractivity contribution in [2.45, 2.75) is 19.9 Å². The molecule has 0 unspecified atom stereocenters. The summed E-state index contributed by atoms with van der Waals surface area (Å²) in [4.78, 5) is 10.7. The minimum absolute atomic E-state index is 0.0399. The van der Waals surface area contributed by atoms with Gasteiger partial charge in [-0.05, 0) is 30.7 Å². The molecule has 0 aliphatic carbocycles. The molecule has 0 amide bonds. The van der Waals surface area contributed by atoms with E-state index in [0.717, 1.165) is 22.6 Å². The molecule has 0 aliphatic rings. The van der Waals surface area contributed by atoms with Gasteiger partial charge in [-0.1, -0.05) is 12.1 Å². The summed E-state index contributed by atoms with van der Waals surface area (Å²) in [5.41, 5.74) is 3.76. The molecule has 19 heavy (non-hydrogen) atoms. The number of carboxylic acids is 1. The van der Waals surface area contributed by atoms with E-state index in [1.807, 2.05) is 49.0 Å². The summed E-state index contributed by atoms with van der Waals surface area (Å²) in [5.74, 6) is -0.822. The summed E-state index contributed by atoms with van der Waals surface area (Å²) >= 11 is 0. The summed E-state index contributed by atoms with van der Waals surface area (Å²) in [6.45, 7) is 2.63. The molecule has 100 valence electrons. The van der Waals surface area contributed by atoms with Crippen LogP contribution in [-0.4, -0.2) is 20.9 Å².